The summed E-state index contributed by atoms with van der Waals surface area (Å²) in [6.07, 6.45) is 5.16. The molecule has 94 valence electrons. The highest BCUT2D eigenvalue weighted by atomic mass is 19.1. The molecule has 0 spiro atoms. The maximum absolute atomic E-state index is 12.8. The first-order chi connectivity index (χ1) is 8.79. The number of benzene rings is 1. The summed E-state index contributed by atoms with van der Waals surface area (Å²) in [7, 11) is 0. The lowest BCUT2D eigenvalue weighted by Gasteiger charge is -2.00. The van der Waals surface area contributed by atoms with E-state index < -0.39 is 0 Å². The Balaban J connectivity index is 1.60. The molecular formula is C14H16FN3. The van der Waals surface area contributed by atoms with Crippen molar-refractivity contribution in [1.29, 1.82) is 0 Å². The molecule has 1 aliphatic rings. The van der Waals surface area contributed by atoms with Crippen molar-refractivity contribution in [2.24, 2.45) is 0 Å². The Kier molecular flexibility index (Phi) is 3.11. The number of rotatable bonds is 5. The fourth-order valence-corrected chi connectivity index (χ4v) is 1.92. The van der Waals surface area contributed by atoms with Gasteiger partial charge in [0.15, 0.2) is 0 Å². The molecule has 0 bridgehead atoms. The van der Waals surface area contributed by atoms with E-state index in [0.29, 0.717) is 12.5 Å². The van der Waals surface area contributed by atoms with Gasteiger partial charge in [-0.2, -0.15) is 0 Å². The molecule has 4 heteroatoms. The monoisotopic (exact) mass is 245 g/mol. The Morgan fingerprint density at radius 2 is 2.06 bits per heavy atom. The van der Waals surface area contributed by atoms with Crippen molar-refractivity contribution in [2.45, 2.75) is 31.8 Å². The molecule has 0 atom stereocenters. The van der Waals surface area contributed by atoms with Gasteiger partial charge in [-0.1, -0.05) is 12.1 Å². The van der Waals surface area contributed by atoms with Crippen LogP contribution in [-0.4, -0.2) is 16.0 Å². The number of nitrogens with zero attached hydrogens (tertiary/aromatic N) is 1. The number of aromatic nitrogens is 2. The maximum Gasteiger partial charge on any atom is 0.123 e. The number of hydrogen-bond acceptors (Lipinski definition) is 2. The van der Waals surface area contributed by atoms with E-state index in [4.69, 9.17) is 0 Å². The van der Waals surface area contributed by atoms with Crippen LogP contribution in [0.4, 0.5) is 4.39 Å². The minimum Gasteiger partial charge on any atom is -0.345 e. The number of halogens is 1. The van der Waals surface area contributed by atoms with Gasteiger partial charge in [-0.15, -0.1) is 0 Å². The molecule has 0 unspecified atom stereocenters. The van der Waals surface area contributed by atoms with E-state index in [1.54, 1.807) is 12.1 Å². The van der Waals surface area contributed by atoms with Crippen LogP contribution in [0.15, 0.2) is 30.5 Å². The van der Waals surface area contributed by atoms with Gasteiger partial charge in [-0.05, 0) is 30.5 Å². The SMILES string of the molecule is Fc1ccc(Cc2ncc(CNC3CC3)[nH]2)cc1. The van der Waals surface area contributed by atoms with Crippen molar-refractivity contribution in [3.63, 3.8) is 0 Å². The molecule has 0 aliphatic heterocycles. The van der Waals surface area contributed by atoms with Crippen molar-refractivity contribution in [3.05, 3.63) is 53.4 Å². The number of hydrogen-bond donors (Lipinski definition) is 2. The third-order valence-electron chi connectivity index (χ3n) is 3.12. The molecule has 0 radical (unpaired) electrons. The van der Waals surface area contributed by atoms with Crippen LogP contribution in [0.5, 0.6) is 0 Å². The summed E-state index contributed by atoms with van der Waals surface area (Å²) in [5.74, 6) is 0.724. The normalized spacial score (nSPS) is 14.9. The summed E-state index contributed by atoms with van der Waals surface area (Å²) >= 11 is 0. The number of imidazole rings is 1. The van der Waals surface area contributed by atoms with Crippen molar-refractivity contribution < 1.29 is 4.39 Å². The second-order valence-corrected chi connectivity index (χ2v) is 4.81. The number of nitrogens with one attached hydrogen (secondary N) is 2. The first-order valence-electron chi connectivity index (χ1n) is 6.30. The van der Waals surface area contributed by atoms with Crippen LogP contribution in [-0.2, 0) is 13.0 Å². The summed E-state index contributed by atoms with van der Waals surface area (Å²) < 4.78 is 12.8. The zero-order valence-corrected chi connectivity index (χ0v) is 10.1. The molecule has 1 aliphatic carbocycles. The lowest BCUT2D eigenvalue weighted by molar-refractivity contribution is 0.627. The first kappa shape index (κ1) is 11.4. The molecule has 1 aromatic heterocycles. The Bertz CT molecular complexity index is 514. The molecule has 2 aromatic rings. The summed E-state index contributed by atoms with van der Waals surface area (Å²) in [6, 6.07) is 7.25. The third-order valence-corrected chi connectivity index (χ3v) is 3.12. The van der Waals surface area contributed by atoms with Crippen LogP contribution in [0.2, 0.25) is 0 Å². The van der Waals surface area contributed by atoms with Gasteiger partial charge in [0, 0.05) is 30.9 Å². The molecule has 0 amide bonds. The fourth-order valence-electron chi connectivity index (χ4n) is 1.92. The summed E-state index contributed by atoms with van der Waals surface area (Å²) in [6.45, 7) is 0.848. The molecule has 0 saturated heterocycles. The predicted octanol–water partition coefficient (Wildman–Crippen LogP) is 2.39. The molecule has 1 aromatic carbocycles. The summed E-state index contributed by atoms with van der Waals surface area (Å²) in [4.78, 5) is 7.63. The van der Waals surface area contributed by atoms with Gasteiger partial charge in [0.05, 0.1) is 0 Å². The Morgan fingerprint density at radius 1 is 1.28 bits per heavy atom. The topological polar surface area (TPSA) is 40.7 Å². The van der Waals surface area contributed by atoms with Crippen LogP contribution >= 0.6 is 0 Å². The molecule has 18 heavy (non-hydrogen) atoms. The lowest BCUT2D eigenvalue weighted by Crippen LogP contribution is -2.15. The predicted molar refractivity (Wildman–Crippen MR) is 67.7 cm³/mol. The van der Waals surface area contributed by atoms with Crippen molar-refractivity contribution in [1.82, 2.24) is 15.3 Å². The van der Waals surface area contributed by atoms with Crippen LogP contribution in [0, 0.1) is 5.82 Å². The average molecular weight is 245 g/mol. The Morgan fingerprint density at radius 3 is 2.78 bits per heavy atom. The van der Waals surface area contributed by atoms with Gasteiger partial charge in [0.25, 0.3) is 0 Å². The van der Waals surface area contributed by atoms with E-state index in [1.165, 1.54) is 25.0 Å². The van der Waals surface area contributed by atoms with Crippen LogP contribution < -0.4 is 5.32 Å². The quantitative estimate of drug-likeness (QED) is 0.849. The van der Waals surface area contributed by atoms with Crippen molar-refractivity contribution in [2.75, 3.05) is 0 Å². The number of H-pyrrole nitrogens is 1. The van der Waals surface area contributed by atoms with E-state index in [1.807, 2.05) is 6.20 Å². The number of aromatic amines is 1. The van der Waals surface area contributed by atoms with E-state index >= 15 is 0 Å². The van der Waals surface area contributed by atoms with Crippen LogP contribution in [0.3, 0.4) is 0 Å². The fraction of sp³-hybridized carbons (Fsp3) is 0.357. The van der Waals surface area contributed by atoms with E-state index in [9.17, 15) is 4.39 Å². The zero-order chi connectivity index (χ0) is 12.4. The first-order valence-corrected chi connectivity index (χ1v) is 6.30. The Hall–Kier alpha value is -1.68. The largest absolute Gasteiger partial charge is 0.345 e. The smallest absolute Gasteiger partial charge is 0.123 e. The molecular weight excluding hydrogens is 229 g/mol. The lowest BCUT2D eigenvalue weighted by atomic mass is 10.1. The molecule has 1 saturated carbocycles. The maximum atomic E-state index is 12.8. The van der Waals surface area contributed by atoms with Gasteiger partial charge in [-0.25, -0.2) is 9.37 Å². The van der Waals surface area contributed by atoms with Gasteiger partial charge in [-0.3, -0.25) is 0 Å². The molecule has 1 fully saturated rings. The van der Waals surface area contributed by atoms with Crippen molar-refractivity contribution >= 4 is 0 Å². The zero-order valence-electron chi connectivity index (χ0n) is 10.1. The van der Waals surface area contributed by atoms with E-state index in [0.717, 1.165) is 23.6 Å². The van der Waals surface area contributed by atoms with Crippen molar-refractivity contribution in [3.8, 4) is 0 Å². The second-order valence-electron chi connectivity index (χ2n) is 4.81. The molecule has 1 heterocycles. The van der Waals surface area contributed by atoms with Gasteiger partial charge < -0.3 is 10.3 Å². The minimum absolute atomic E-state index is 0.201. The van der Waals surface area contributed by atoms with Crippen LogP contribution in [0.1, 0.15) is 29.9 Å². The van der Waals surface area contributed by atoms with Gasteiger partial charge in [0.2, 0.25) is 0 Å². The second kappa shape index (κ2) is 4.90. The highest BCUT2D eigenvalue weighted by Crippen LogP contribution is 2.19. The minimum atomic E-state index is -0.201. The molecule has 2 N–H and O–H groups in total. The van der Waals surface area contributed by atoms with Gasteiger partial charge in [0.1, 0.15) is 11.6 Å². The summed E-state index contributed by atoms with van der Waals surface area (Å²) in [5.41, 5.74) is 2.17. The Labute approximate surface area is 105 Å². The highest BCUT2D eigenvalue weighted by molar-refractivity contribution is 5.20. The van der Waals surface area contributed by atoms with Crippen LogP contribution in [0.25, 0.3) is 0 Å². The summed E-state index contributed by atoms with van der Waals surface area (Å²) in [5, 5.41) is 3.44. The van der Waals surface area contributed by atoms with Gasteiger partial charge >= 0.3 is 0 Å². The molecule has 3 nitrogen and oxygen atoms in total. The third kappa shape index (κ3) is 2.96. The molecule has 3 rings (SSSR count). The standard InChI is InChI=1S/C14H16FN3/c15-11-3-1-10(2-4-11)7-14-17-9-13(18-14)8-16-12-5-6-12/h1-4,9,12,16H,5-8H2,(H,17,18). The van der Waals surface area contributed by atoms with E-state index in [-0.39, 0.29) is 5.82 Å². The highest BCUT2D eigenvalue weighted by Gasteiger charge is 2.20. The van der Waals surface area contributed by atoms with E-state index in [2.05, 4.69) is 15.3 Å². The average Bonchev–Trinajstić information content (AvgIpc) is 3.10.